The number of fused-ring (bicyclic) bond motifs is 1. The van der Waals surface area contributed by atoms with Crippen LogP contribution in [-0.4, -0.2) is 32.5 Å². The van der Waals surface area contributed by atoms with Gasteiger partial charge < -0.3 is 5.11 Å². The predicted octanol–water partition coefficient (Wildman–Crippen LogP) is 2.81. The molecule has 2 amide bonds. The Labute approximate surface area is 143 Å². The van der Waals surface area contributed by atoms with E-state index in [-0.39, 0.29) is 44.6 Å². The van der Waals surface area contributed by atoms with Gasteiger partial charge in [0.25, 0.3) is 0 Å². The number of nitrogens with zero attached hydrogens (tertiary/aromatic N) is 1. The van der Waals surface area contributed by atoms with E-state index in [0.29, 0.717) is 12.8 Å². The van der Waals surface area contributed by atoms with E-state index in [1.54, 1.807) is 12.1 Å². The zero-order valence-corrected chi connectivity index (χ0v) is 14.6. The van der Waals surface area contributed by atoms with Gasteiger partial charge in [-0.2, -0.15) is 0 Å². The van der Waals surface area contributed by atoms with Crippen molar-refractivity contribution in [3.05, 3.63) is 29.8 Å². The van der Waals surface area contributed by atoms with Gasteiger partial charge in [0, 0.05) is 9.65 Å². The summed E-state index contributed by atoms with van der Waals surface area (Å²) in [6, 6.07) is 6.12. The summed E-state index contributed by atoms with van der Waals surface area (Å²) in [4.78, 5) is 38.0. The van der Waals surface area contributed by atoms with E-state index in [1.807, 2.05) is 0 Å². The van der Waals surface area contributed by atoms with Crippen molar-refractivity contribution in [3.8, 4) is 0 Å². The highest BCUT2D eigenvalue weighted by atomic mass is 79.9. The zero-order chi connectivity index (χ0) is 16.0. The summed E-state index contributed by atoms with van der Waals surface area (Å²) in [6.45, 7) is 0. The second-order valence-corrected chi connectivity index (χ2v) is 7.90. The number of aromatic carboxylic acids is 1. The molecule has 1 aromatic carbocycles. The van der Waals surface area contributed by atoms with E-state index in [2.05, 4.69) is 31.9 Å². The van der Waals surface area contributed by atoms with Crippen molar-refractivity contribution in [1.82, 2.24) is 0 Å². The van der Waals surface area contributed by atoms with Crippen LogP contribution in [0.2, 0.25) is 0 Å². The lowest BCUT2D eigenvalue weighted by atomic mass is 9.81. The molecule has 1 aliphatic heterocycles. The molecule has 1 saturated heterocycles. The SMILES string of the molecule is O=C(O)c1ccccc1N1C(=O)[C@H]2C[C@@H](Br)[C@@H](Br)C[C@H]2C1=O. The Morgan fingerprint density at radius 1 is 1.05 bits per heavy atom. The van der Waals surface area contributed by atoms with Gasteiger partial charge in [-0.3, -0.25) is 9.59 Å². The molecule has 4 atom stereocenters. The third-order valence-corrected chi connectivity index (χ3v) is 7.02. The van der Waals surface area contributed by atoms with E-state index in [0.717, 1.165) is 4.90 Å². The Kier molecular flexibility index (Phi) is 4.11. The quantitative estimate of drug-likeness (QED) is 0.578. The number of carbonyl (C=O) groups is 3. The molecule has 1 heterocycles. The molecule has 1 aromatic rings. The summed E-state index contributed by atoms with van der Waals surface area (Å²) in [7, 11) is 0. The van der Waals surface area contributed by atoms with Gasteiger partial charge in [0.1, 0.15) is 0 Å². The van der Waals surface area contributed by atoms with Crippen LogP contribution in [-0.2, 0) is 9.59 Å². The lowest BCUT2D eigenvalue weighted by Gasteiger charge is -2.29. The molecule has 2 aliphatic rings. The first kappa shape index (κ1) is 15.7. The Hall–Kier alpha value is -1.21. The summed E-state index contributed by atoms with van der Waals surface area (Å²) in [5.74, 6) is -2.51. The van der Waals surface area contributed by atoms with Crippen LogP contribution in [0, 0.1) is 11.8 Å². The maximum Gasteiger partial charge on any atom is 0.337 e. The van der Waals surface area contributed by atoms with Gasteiger partial charge in [-0.25, -0.2) is 9.69 Å². The maximum atomic E-state index is 12.7. The summed E-state index contributed by atoms with van der Waals surface area (Å²) >= 11 is 7.06. The Bertz CT molecular complexity index is 635. The number of carbonyl (C=O) groups excluding carboxylic acids is 2. The summed E-state index contributed by atoms with van der Waals surface area (Å²) in [5, 5.41) is 9.28. The lowest BCUT2D eigenvalue weighted by Crippen LogP contribution is -2.34. The maximum absolute atomic E-state index is 12.7. The van der Waals surface area contributed by atoms with Crippen LogP contribution in [0.1, 0.15) is 23.2 Å². The summed E-state index contributed by atoms with van der Waals surface area (Å²) < 4.78 is 0. The first-order valence-corrected chi connectivity index (χ1v) is 8.73. The Morgan fingerprint density at radius 2 is 1.55 bits per heavy atom. The van der Waals surface area contributed by atoms with Crippen LogP contribution < -0.4 is 4.90 Å². The number of alkyl halides is 2. The number of imide groups is 1. The van der Waals surface area contributed by atoms with Crippen molar-refractivity contribution in [1.29, 1.82) is 0 Å². The summed E-state index contributed by atoms with van der Waals surface area (Å²) in [6.07, 6.45) is 1.13. The number of para-hydroxylation sites is 1. The monoisotopic (exact) mass is 429 g/mol. The topological polar surface area (TPSA) is 74.7 Å². The first-order valence-electron chi connectivity index (χ1n) is 6.90. The highest BCUT2D eigenvalue weighted by Crippen LogP contribution is 2.44. The second kappa shape index (κ2) is 5.77. The molecule has 1 N–H and O–H groups in total. The number of hydrogen-bond donors (Lipinski definition) is 1. The molecule has 0 unspecified atom stereocenters. The number of amides is 2. The molecule has 116 valence electrons. The molecule has 2 fully saturated rings. The highest BCUT2D eigenvalue weighted by molar-refractivity contribution is 9.12. The number of carboxylic acids is 1. The smallest absolute Gasteiger partial charge is 0.337 e. The van der Waals surface area contributed by atoms with Gasteiger partial charge in [-0.1, -0.05) is 44.0 Å². The molecule has 3 rings (SSSR count). The van der Waals surface area contributed by atoms with Crippen molar-refractivity contribution in [2.24, 2.45) is 11.8 Å². The van der Waals surface area contributed by atoms with Crippen molar-refractivity contribution >= 4 is 55.3 Å². The minimum atomic E-state index is -1.15. The van der Waals surface area contributed by atoms with Crippen molar-refractivity contribution in [2.45, 2.75) is 22.5 Å². The fourth-order valence-corrected chi connectivity index (χ4v) is 4.42. The lowest BCUT2D eigenvalue weighted by molar-refractivity contribution is -0.122. The van der Waals surface area contributed by atoms with Gasteiger partial charge in [0.15, 0.2) is 0 Å². The van der Waals surface area contributed by atoms with Crippen LogP contribution in [0.25, 0.3) is 0 Å². The van der Waals surface area contributed by atoms with Gasteiger partial charge in [0.2, 0.25) is 11.8 Å². The molecule has 0 radical (unpaired) electrons. The standard InChI is InChI=1S/C15H13Br2NO4/c16-10-5-8-9(6-11(10)17)14(20)18(13(8)19)12-4-2-1-3-7(12)15(21)22/h1-4,8-11H,5-6H2,(H,21,22)/t8-,9+,10+,11-. The van der Waals surface area contributed by atoms with Crippen LogP contribution in [0.4, 0.5) is 5.69 Å². The minimum Gasteiger partial charge on any atom is -0.478 e. The van der Waals surface area contributed by atoms with Crippen LogP contribution in [0.5, 0.6) is 0 Å². The highest BCUT2D eigenvalue weighted by Gasteiger charge is 2.52. The number of hydrogen-bond acceptors (Lipinski definition) is 3. The van der Waals surface area contributed by atoms with E-state index in [4.69, 9.17) is 0 Å². The Morgan fingerprint density at radius 3 is 2.05 bits per heavy atom. The molecule has 0 spiro atoms. The second-order valence-electron chi connectivity index (χ2n) is 5.55. The molecule has 0 bridgehead atoms. The molecule has 1 aliphatic carbocycles. The molecule has 1 saturated carbocycles. The van der Waals surface area contributed by atoms with E-state index >= 15 is 0 Å². The number of anilines is 1. The van der Waals surface area contributed by atoms with E-state index in [9.17, 15) is 19.5 Å². The fourth-order valence-electron chi connectivity index (χ4n) is 3.18. The zero-order valence-electron chi connectivity index (χ0n) is 11.4. The molecule has 0 aromatic heterocycles. The van der Waals surface area contributed by atoms with Crippen LogP contribution in [0.15, 0.2) is 24.3 Å². The number of carboxylic acid groups (broad SMARTS) is 1. The number of benzene rings is 1. The molecular formula is C15H13Br2NO4. The van der Waals surface area contributed by atoms with Gasteiger partial charge in [0.05, 0.1) is 23.1 Å². The number of halogens is 2. The van der Waals surface area contributed by atoms with Crippen LogP contribution >= 0.6 is 31.9 Å². The third kappa shape index (κ3) is 2.40. The molecular weight excluding hydrogens is 418 g/mol. The van der Waals surface area contributed by atoms with E-state index in [1.165, 1.54) is 12.1 Å². The minimum absolute atomic E-state index is 0.0337. The van der Waals surface area contributed by atoms with Gasteiger partial charge in [-0.05, 0) is 25.0 Å². The fraction of sp³-hybridized carbons (Fsp3) is 0.400. The third-order valence-electron chi connectivity index (χ3n) is 4.29. The van der Waals surface area contributed by atoms with Crippen molar-refractivity contribution in [3.63, 3.8) is 0 Å². The first-order chi connectivity index (χ1) is 10.4. The van der Waals surface area contributed by atoms with E-state index < -0.39 is 5.97 Å². The van der Waals surface area contributed by atoms with Gasteiger partial charge in [-0.15, -0.1) is 0 Å². The van der Waals surface area contributed by atoms with Crippen LogP contribution in [0.3, 0.4) is 0 Å². The molecule has 5 nitrogen and oxygen atoms in total. The normalized spacial score (nSPS) is 31.3. The van der Waals surface area contributed by atoms with Crippen molar-refractivity contribution in [2.75, 3.05) is 4.90 Å². The number of rotatable bonds is 2. The largest absolute Gasteiger partial charge is 0.478 e. The Balaban J connectivity index is 2.01. The molecule has 7 heteroatoms. The average molecular weight is 431 g/mol. The predicted molar refractivity (Wildman–Crippen MR) is 87.5 cm³/mol. The van der Waals surface area contributed by atoms with Gasteiger partial charge >= 0.3 is 5.97 Å². The summed E-state index contributed by atoms with van der Waals surface area (Å²) in [5.41, 5.74) is 0.130. The molecule has 22 heavy (non-hydrogen) atoms. The van der Waals surface area contributed by atoms with Crippen molar-refractivity contribution < 1.29 is 19.5 Å². The average Bonchev–Trinajstić information content (AvgIpc) is 2.71.